The van der Waals surface area contributed by atoms with Gasteiger partial charge in [0.05, 0.1) is 17.4 Å². The van der Waals surface area contributed by atoms with Crippen LogP contribution < -0.4 is 5.32 Å². The summed E-state index contributed by atoms with van der Waals surface area (Å²) in [5.41, 5.74) is 3.26. The molecule has 102 valence electrons. The van der Waals surface area contributed by atoms with Crippen molar-refractivity contribution in [1.82, 2.24) is 15.1 Å². The molecule has 3 nitrogen and oxygen atoms in total. The summed E-state index contributed by atoms with van der Waals surface area (Å²) in [5, 5.41) is 8.77. The highest BCUT2D eigenvalue weighted by atomic mass is 35.5. The maximum atomic E-state index is 6.34. The second-order valence-electron chi connectivity index (χ2n) is 4.74. The molecule has 1 aromatic carbocycles. The summed E-state index contributed by atoms with van der Waals surface area (Å²) in [4.78, 5) is 0. The van der Waals surface area contributed by atoms with Crippen molar-refractivity contribution in [3.05, 3.63) is 52.3 Å². The Morgan fingerprint density at radius 1 is 1.37 bits per heavy atom. The summed E-state index contributed by atoms with van der Waals surface area (Å²) < 4.78 is 1.92. The number of nitrogens with zero attached hydrogens (tertiary/aromatic N) is 2. The molecule has 2 rings (SSSR count). The summed E-state index contributed by atoms with van der Waals surface area (Å²) in [6.45, 7) is 5.11. The molecule has 1 aromatic heterocycles. The zero-order chi connectivity index (χ0) is 13.8. The van der Waals surface area contributed by atoms with E-state index < -0.39 is 0 Å². The van der Waals surface area contributed by atoms with E-state index in [1.54, 1.807) is 0 Å². The molecular formula is C15H20ClN3. The van der Waals surface area contributed by atoms with E-state index in [1.165, 1.54) is 0 Å². The smallest absolute Gasteiger partial charge is 0.0762 e. The van der Waals surface area contributed by atoms with Gasteiger partial charge in [-0.05, 0) is 37.6 Å². The van der Waals surface area contributed by atoms with Gasteiger partial charge in [0.25, 0.3) is 0 Å². The van der Waals surface area contributed by atoms with Gasteiger partial charge in [-0.3, -0.25) is 4.68 Å². The highest BCUT2D eigenvalue weighted by Gasteiger charge is 2.19. The van der Waals surface area contributed by atoms with Gasteiger partial charge in [-0.15, -0.1) is 0 Å². The van der Waals surface area contributed by atoms with Gasteiger partial charge in [0, 0.05) is 12.1 Å². The quantitative estimate of drug-likeness (QED) is 0.907. The fourth-order valence-corrected chi connectivity index (χ4v) is 2.52. The van der Waals surface area contributed by atoms with Crippen LogP contribution in [0.1, 0.15) is 36.3 Å². The van der Waals surface area contributed by atoms with Crippen LogP contribution in [0.4, 0.5) is 0 Å². The lowest BCUT2D eigenvalue weighted by atomic mass is 10.0. The van der Waals surface area contributed by atoms with Gasteiger partial charge in [0.15, 0.2) is 0 Å². The van der Waals surface area contributed by atoms with E-state index in [1.807, 2.05) is 36.9 Å². The first-order valence-corrected chi connectivity index (χ1v) is 6.99. The summed E-state index contributed by atoms with van der Waals surface area (Å²) in [6, 6.07) is 10.2. The Morgan fingerprint density at radius 2 is 2.11 bits per heavy atom. The molecular weight excluding hydrogens is 258 g/mol. The summed E-state index contributed by atoms with van der Waals surface area (Å²) in [7, 11) is 1.97. The summed E-state index contributed by atoms with van der Waals surface area (Å²) in [5.74, 6) is 0. The monoisotopic (exact) mass is 277 g/mol. The zero-order valence-corrected chi connectivity index (χ0v) is 12.4. The standard InChI is InChI=1S/C15H20ClN3/c1-4-9-17-15(12-7-5-6-8-13(12)16)14-10-11(2)18-19(14)3/h5-8,10,15,17H,4,9H2,1-3H3. The zero-order valence-electron chi connectivity index (χ0n) is 11.7. The topological polar surface area (TPSA) is 29.9 Å². The Balaban J connectivity index is 2.41. The lowest BCUT2D eigenvalue weighted by molar-refractivity contribution is 0.553. The van der Waals surface area contributed by atoms with Crippen LogP contribution in [-0.2, 0) is 7.05 Å². The number of rotatable bonds is 5. The van der Waals surface area contributed by atoms with Gasteiger partial charge in [0.2, 0.25) is 0 Å². The number of hydrogen-bond acceptors (Lipinski definition) is 2. The first-order chi connectivity index (χ1) is 9.13. The van der Waals surface area contributed by atoms with Gasteiger partial charge in [0.1, 0.15) is 0 Å². The molecule has 0 fully saturated rings. The van der Waals surface area contributed by atoms with E-state index >= 15 is 0 Å². The lowest BCUT2D eigenvalue weighted by Crippen LogP contribution is -2.25. The Labute approximate surface area is 119 Å². The third kappa shape index (κ3) is 3.17. The first-order valence-electron chi connectivity index (χ1n) is 6.61. The van der Waals surface area contributed by atoms with E-state index in [-0.39, 0.29) is 6.04 Å². The lowest BCUT2D eigenvalue weighted by Gasteiger charge is -2.20. The molecule has 4 heteroatoms. The summed E-state index contributed by atoms with van der Waals surface area (Å²) in [6.07, 6.45) is 1.08. The molecule has 0 radical (unpaired) electrons. The number of halogens is 1. The molecule has 1 atom stereocenters. The first kappa shape index (κ1) is 14.1. The third-order valence-electron chi connectivity index (χ3n) is 3.15. The van der Waals surface area contributed by atoms with E-state index in [9.17, 15) is 0 Å². The minimum atomic E-state index is 0.0832. The van der Waals surface area contributed by atoms with Crippen molar-refractivity contribution in [3.8, 4) is 0 Å². The Bertz CT molecular complexity index is 548. The Morgan fingerprint density at radius 3 is 2.68 bits per heavy atom. The van der Waals surface area contributed by atoms with Crippen LogP contribution in [0.15, 0.2) is 30.3 Å². The molecule has 0 amide bonds. The molecule has 1 heterocycles. The van der Waals surface area contributed by atoms with E-state index in [0.29, 0.717) is 0 Å². The van der Waals surface area contributed by atoms with Crippen LogP contribution in [0.5, 0.6) is 0 Å². The second kappa shape index (κ2) is 6.22. The van der Waals surface area contributed by atoms with Crippen molar-refractivity contribution in [2.24, 2.45) is 7.05 Å². The van der Waals surface area contributed by atoms with Gasteiger partial charge in [-0.25, -0.2) is 0 Å². The van der Waals surface area contributed by atoms with Crippen LogP contribution in [0, 0.1) is 6.92 Å². The molecule has 0 saturated heterocycles. The average Bonchev–Trinajstić information content (AvgIpc) is 2.71. The highest BCUT2D eigenvalue weighted by Crippen LogP contribution is 2.28. The summed E-state index contributed by atoms with van der Waals surface area (Å²) >= 11 is 6.34. The van der Waals surface area contributed by atoms with Crippen molar-refractivity contribution >= 4 is 11.6 Å². The van der Waals surface area contributed by atoms with Crippen LogP contribution in [0.25, 0.3) is 0 Å². The Kier molecular flexibility index (Phi) is 4.61. The van der Waals surface area contributed by atoms with Crippen molar-refractivity contribution in [2.75, 3.05) is 6.54 Å². The van der Waals surface area contributed by atoms with Gasteiger partial charge in [-0.2, -0.15) is 5.10 Å². The van der Waals surface area contributed by atoms with Crippen LogP contribution in [0.2, 0.25) is 5.02 Å². The van der Waals surface area contributed by atoms with Gasteiger partial charge >= 0.3 is 0 Å². The minimum Gasteiger partial charge on any atom is -0.305 e. The SMILES string of the molecule is CCCNC(c1ccccc1Cl)c1cc(C)nn1C. The van der Waals surface area contributed by atoms with Crippen molar-refractivity contribution in [3.63, 3.8) is 0 Å². The van der Waals surface area contributed by atoms with Crippen molar-refractivity contribution in [2.45, 2.75) is 26.3 Å². The molecule has 0 aliphatic heterocycles. The van der Waals surface area contributed by atoms with Crippen LogP contribution in [-0.4, -0.2) is 16.3 Å². The maximum absolute atomic E-state index is 6.34. The van der Waals surface area contributed by atoms with Crippen molar-refractivity contribution in [1.29, 1.82) is 0 Å². The molecule has 1 unspecified atom stereocenters. The molecule has 1 N–H and O–H groups in total. The largest absolute Gasteiger partial charge is 0.305 e. The average molecular weight is 278 g/mol. The van der Waals surface area contributed by atoms with Gasteiger partial charge in [-0.1, -0.05) is 36.7 Å². The molecule has 0 bridgehead atoms. The van der Waals surface area contributed by atoms with E-state index in [4.69, 9.17) is 11.6 Å². The number of nitrogens with one attached hydrogen (secondary N) is 1. The molecule has 2 aromatic rings. The number of hydrogen-bond donors (Lipinski definition) is 1. The highest BCUT2D eigenvalue weighted by molar-refractivity contribution is 6.31. The minimum absolute atomic E-state index is 0.0832. The number of aromatic nitrogens is 2. The molecule has 0 spiro atoms. The third-order valence-corrected chi connectivity index (χ3v) is 3.49. The van der Waals surface area contributed by atoms with Crippen LogP contribution in [0.3, 0.4) is 0 Å². The number of aryl methyl sites for hydroxylation is 2. The normalized spacial score (nSPS) is 12.6. The fourth-order valence-electron chi connectivity index (χ4n) is 2.27. The fraction of sp³-hybridized carbons (Fsp3) is 0.400. The molecule has 19 heavy (non-hydrogen) atoms. The molecule has 0 saturated carbocycles. The predicted molar refractivity (Wildman–Crippen MR) is 79.5 cm³/mol. The van der Waals surface area contributed by atoms with Crippen LogP contribution >= 0.6 is 11.6 Å². The molecule has 0 aliphatic carbocycles. The molecule has 0 aliphatic rings. The number of benzene rings is 1. The maximum Gasteiger partial charge on any atom is 0.0762 e. The predicted octanol–water partition coefficient (Wildman–Crippen LogP) is 3.47. The van der Waals surface area contributed by atoms with Crippen molar-refractivity contribution < 1.29 is 0 Å². The second-order valence-corrected chi connectivity index (χ2v) is 5.15. The Hall–Kier alpha value is -1.32. The van der Waals surface area contributed by atoms with E-state index in [0.717, 1.165) is 34.9 Å². The van der Waals surface area contributed by atoms with E-state index in [2.05, 4.69) is 29.5 Å². The van der Waals surface area contributed by atoms with Gasteiger partial charge < -0.3 is 5.32 Å².